The lowest BCUT2D eigenvalue weighted by Gasteiger charge is -2.14. The van der Waals surface area contributed by atoms with E-state index in [0.29, 0.717) is 49.4 Å². The number of furan rings is 1. The van der Waals surface area contributed by atoms with Gasteiger partial charge in [0.05, 0.1) is 24.2 Å². The molecule has 0 fully saturated rings. The zero-order valence-electron chi connectivity index (χ0n) is 21.5. The van der Waals surface area contributed by atoms with Gasteiger partial charge in [0.25, 0.3) is 5.56 Å². The maximum absolute atomic E-state index is 13.7. The van der Waals surface area contributed by atoms with Crippen molar-refractivity contribution in [2.75, 3.05) is 7.11 Å². The van der Waals surface area contributed by atoms with Crippen LogP contribution in [0.4, 0.5) is 0 Å². The highest BCUT2D eigenvalue weighted by Crippen LogP contribution is 2.33. The van der Waals surface area contributed by atoms with Gasteiger partial charge in [0.15, 0.2) is 17.3 Å². The molecule has 0 saturated carbocycles. The molecule has 0 radical (unpaired) electrons. The topological polar surface area (TPSA) is 78.9 Å². The number of rotatable bonds is 7. The van der Waals surface area contributed by atoms with E-state index in [1.807, 2.05) is 42.5 Å². The molecule has 0 spiro atoms. The van der Waals surface area contributed by atoms with Crippen molar-refractivity contribution in [2.45, 2.75) is 6.61 Å². The minimum atomic E-state index is -0.346. The molecule has 4 aromatic carbocycles. The third kappa shape index (κ3) is 5.46. The first-order valence-corrected chi connectivity index (χ1v) is 14.0. The van der Waals surface area contributed by atoms with Crippen molar-refractivity contribution in [2.24, 2.45) is 5.10 Å². The van der Waals surface area contributed by atoms with Crippen LogP contribution in [0.5, 0.6) is 11.5 Å². The fraction of sp³-hybridized carbons (Fsp3) is 0.0645. The van der Waals surface area contributed by atoms with Gasteiger partial charge in [-0.1, -0.05) is 63.4 Å². The second kappa shape index (κ2) is 11.4. The molecule has 0 bridgehead atoms. The molecule has 10 heteroatoms. The molecule has 204 valence electrons. The first-order valence-electron chi connectivity index (χ1n) is 12.4. The molecule has 0 aliphatic rings. The van der Waals surface area contributed by atoms with Crippen molar-refractivity contribution in [1.82, 2.24) is 9.66 Å². The van der Waals surface area contributed by atoms with E-state index < -0.39 is 0 Å². The SMILES string of the molecule is COc1cccc(C=Nn2c(-c3cc4cc(Br)ccc4o3)nc3ccccc3c2=O)c1OCc1ccc(Cl)cc1Cl. The number of para-hydroxylation sites is 2. The average molecular weight is 649 g/mol. The van der Waals surface area contributed by atoms with E-state index in [9.17, 15) is 4.79 Å². The zero-order chi connectivity index (χ0) is 28.5. The Balaban J connectivity index is 1.45. The molecule has 0 atom stereocenters. The fourth-order valence-corrected chi connectivity index (χ4v) is 5.21. The second-order valence-corrected chi connectivity index (χ2v) is 10.8. The molecule has 0 aliphatic carbocycles. The maximum Gasteiger partial charge on any atom is 0.282 e. The highest BCUT2D eigenvalue weighted by molar-refractivity contribution is 9.10. The summed E-state index contributed by atoms with van der Waals surface area (Å²) in [7, 11) is 1.55. The van der Waals surface area contributed by atoms with Gasteiger partial charge in [-0.05, 0) is 60.7 Å². The standard InChI is InChI=1S/C31H20BrCl2N3O4/c1-39-27-8-4-5-18(29(27)40-17-19-9-11-22(33)15-24(19)34)16-35-37-30(36-25-7-3-2-6-23(25)31(37)38)28-14-20-13-21(32)10-12-26(20)41-28/h2-16H,17H2,1H3. The molecule has 6 aromatic rings. The third-order valence-corrected chi connectivity index (χ3v) is 7.46. The number of methoxy groups -OCH3 is 1. The van der Waals surface area contributed by atoms with E-state index in [1.54, 1.807) is 49.6 Å². The number of benzene rings is 4. The summed E-state index contributed by atoms with van der Waals surface area (Å²) >= 11 is 15.9. The molecule has 2 aromatic heterocycles. The van der Waals surface area contributed by atoms with Gasteiger partial charge in [0, 0.05) is 31.0 Å². The smallest absolute Gasteiger partial charge is 0.282 e. The Morgan fingerprint density at radius 3 is 2.71 bits per heavy atom. The molecule has 0 amide bonds. The van der Waals surface area contributed by atoms with Crippen LogP contribution in [0.3, 0.4) is 0 Å². The summed E-state index contributed by atoms with van der Waals surface area (Å²) < 4.78 is 19.9. The van der Waals surface area contributed by atoms with Gasteiger partial charge in [-0.2, -0.15) is 9.78 Å². The molecular weight excluding hydrogens is 629 g/mol. The molecule has 0 unspecified atom stereocenters. The Bertz CT molecular complexity index is 2020. The van der Waals surface area contributed by atoms with Gasteiger partial charge in [-0.3, -0.25) is 4.79 Å². The fourth-order valence-electron chi connectivity index (χ4n) is 4.37. The van der Waals surface area contributed by atoms with Crippen LogP contribution in [0.1, 0.15) is 11.1 Å². The van der Waals surface area contributed by atoms with E-state index in [1.165, 1.54) is 10.9 Å². The van der Waals surface area contributed by atoms with Crippen LogP contribution in [-0.4, -0.2) is 23.0 Å². The van der Waals surface area contributed by atoms with E-state index in [2.05, 4.69) is 21.0 Å². The number of aromatic nitrogens is 2. The van der Waals surface area contributed by atoms with Crippen molar-refractivity contribution >= 4 is 67.2 Å². The Labute approximate surface area is 252 Å². The van der Waals surface area contributed by atoms with Crippen molar-refractivity contribution in [3.05, 3.63) is 121 Å². The first kappa shape index (κ1) is 27.1. The van der Waals surface area contributed by atoms with Crippen molar-refractivity contribution in [3.8, 4) is 23.1 Å². The minimum Gasteiger partial charge on any atom is -0.493 e. The van der Waals surface area contributed by atoms with Gasteiger partial charge < -0.3 is 13.9 Å². The number of hydrogen-bond acceptors (Lipinski definition) is 6. The monoisotopic (exact) mass is 647 g/mol. The molecular formula is C31H20BrCl2N3O4. The van der Waals surface area contributed by atoms with Crippen LogP contribution in [0, 0.1) is 0 Å². The lowest BCUT2D eigenvalue weighted by molar-refractivity contribution is 0.284. The molecule has 6 rings (SSSR count). The summed E-state index contributed by atoms with van der Waals surface area (Å²) in [5.74, 6) is 1.58. The first-order chi connectivity index (χ1) is 19.9. The quantitative estimate of drug-likeness (QED) is 0.163. The summed E-state index contributed by atoms with van der Waals surface area (Å²) in [5, 5.41) is 6.88. The van der Waals surface area contributed by atoms with E-state index in [4.69, 9.17) is 42.1 Å². The zero-order valence-corrected chi connectivity index (χ0v) is 24.6. The number of hydrogen-bond donors (Lipinski definition) is 0. The average Bonchev–Trinajstić information content (AvgIpc) is 3.39. The van der Waals surface area contributed by atoms with Crippen molar-refractivity contribution in [3.63, 3.8) is 0 Å². The molecule has 7 nitrogen and oxygen atoms in total. The molecule has 0 N–H and O–H groups in total. The van der Waals surface area contributed by atoms with Crippen molar-refractivity contribution in [1.29, 1.82) is 0 Å². The van der Waals surface area contributed by atoms with Gasteiger partial charge in [-0.25, -0.2) is 4.98 Å². The Morgan fingerprint density at radius 2 is 1.88 bits per heavy atom. The summed E-state index contributed by atoms with van der Waals surface area (Å²) in [5.41, 5.74) is 2.17. The predicted molar refractivity (Wildman–Crippen MR) is 166 cm³/mol. The van der Waals surface area contributed by atoms with Crippen LogP contribution in [0.25, 0.3) is 33.5 Å². The third-order valence-electron chi connectivity index (χ3n) is 6.38. The van der Waals surface area contributed by atoms with E-state index >= 15 is 0 Å². The van der Waals surface area contributed by atoms with Crippen LogP contribution >= 0.6 is 39.1 Å². The lowest BCUT2D eigenvalue weighted by atomic mass is 10.2. The second-order valence-electron chi connectivity index (χ2n) is 9.01. The van der Waals surface area contributed by atoms with Gasteiger partial charge in [-0.15, -0.1) is 0 Å². The summed E-state index contributed by atoms with van der Waals surface area (Å²) in [6, 6.07) is 25.2. The van der Waals surface area contributed by atoms with E-state index in [0.717, 1.165) is 15.4 Å². The number of nitrogens with zero attached hydrogens (tertiary/aromatic N) is 3. The molecule has 2 heterocycles. The van der Waals surface area contributed by atoms with Gasteiger partial charge in [0.1, 0.15) is 12.2 Å². The molecule has 41 heavy (non-hydrogen) atoms. The summed E-state index contributed by atoms with van der Waals surface area (Å²) in [6.45, 7) is 0.161. The maximum atomic E-state index is 13.7. The number of ether oxygens (including phenoxy) is 2. The Kier molecular flexibility index (Phi) is 7.53. The number of fused-ring (bicyclic) bond motifs is 2. The lowest BCUT2D eigenvalue weighted by Crippen LogP contribution is -2.20. The molecule has 0 aliphatic heterocycles. The van der Waals surface area contributed by atoms with E-state index in [-0.39, 0.29) is 18.0 Å². The normalized spacial score (nSPS) is 11.5. The van der Waals surface area contributed by atoms with Gasteiger partial charge >= 0.3 is 0 Å². The highest BCUT2D eigenvalue weighted by atomic mass is 79.9. The Hall–Kier alpha value is -4.11. The van der Waals surface area contributed by atoms with Crippen LogP contribution in [0.15, 0.2) is 104 Å². The highest BCUT2D eigenvalue weighted by Gasteiger charge is 2.17. The van der Waals surface area contributed by atoms with Gasteiger partial charge in [0.2, 0.25) is 5.82 Å². The summed E-state index contributed by atoms with van der Waals surface area (Å²) in [4.78, 5) is 18.4. The predicted octanol–water partition coefficient (Wildman–Crippen LogP) is 8.35. The van der Waals surface area contributed by atoms with Crippen LogP contribution < -0.4 is 15.0 Å². The number of halogens is 3. The summed E-state index contributed by atoms with van der Waals surface area (Å²) in [6.07, 6.45) is 1.53. The van der Waals surface area contributed by atoms with Crippen LogP contribution in [0.2, 0.25) is 10.0 Å². The van der Waals surface area contributed by atoms with Crippen molar-refractivity contribution < 1.29 is 13.9 Å². The molecule has 0 saturated heterocycles. The minimum absolute atomic E-state index is 0.161. The largest absolute Gasteiger partial charge is 0.493 e. The Morgan fingerprint density at radius 1 is 1.02 bits per heavy atom. The van der Waals surface area contributed by atoms with Crippen LogP contribution in [-0.2, 0) is 6.61 Å².